The Morgan fingerprint density at radius 1 is 1.21 bits per heavy atom. The second-order valence-electron chi connectivity index (χ2n) is 8.77. The van der Waals surface area contributed by atoms with Gasteiger partial charge in [-0.15, -0.1) is 0 Å². The summed E-state index contributed by atoms with van der Waals surface area (Å²) in [7, 11) is 1.80. The van der Waals surface area contributed by atoms with Gasteiger partial charge in [0.05, 0.1) is 12.8 Å². The number of likely N-dealkylation sites (tertiary alicyclic amines) is 1. The topological polar surface area (TPSA) is 33.5 Å². The first-order chi connectivity index (χ1) is 14.2. The molecular formula is C24H36N4O. The molecule has 4 rings (SSSR count). The van der Waals surface area contributed by atoms with Gasteiger partial charge in [0, 0.05) is 57.6 Å². The Balaban J connectivity index is 1.34. The molecule has 1 fully saturated rings. The van der Waals surface area contributed by atoms with Crippen molar-refractivity contribution in [2.45, 2.75) is 51.7 Å². The van der Waals surface area contributed by atoms with E-state index < -0.39 is 0 Å². The SMILES string of the molecule is CCn1cc(CN(CCOC)CC2CCCN(C3Cc4ccccc4C3)C2)cn1. The molecule has 0 saturated carbocycles. The Bertz CT molecular complexity index is 749. The zero-order chi connectivity index (χ0) is 20.1. The molecule has 1 saturated heterocycles. The number of piperidine rings is 1. The van der Waals surface area contributed by atoms with Gasteiger partial charge in [0.2, 0.25) is 0 Å². The molecule has 2 aliphatic rings. The van der Waals surface area contributed by atoms with E-state index in [1.807, 2.05) is 10.9 Å². The Morgan fingerprint density at radius 2 is 2.00 bits per heavy atom. The third-order valence-corrected chi connectivity index (χ3v) is 6.64. The number of aromatic nitrogens is 2. The summed E-state index contributed by atoms with van der Waals surface area (Å²) in [6, 6.07) is 9.72. The fourth-order valence-corrected chi connectivity index (χ4v) is 5.11. The lowest BCUT2D eigenvalue weighted by atomic mass is 9.95. The highest BCUT2D eigenvalue weighted by atomic mass is 16.5. The normalized spacial score (nSPS) is 20.4. The monoisotopic (exact) mass is 396 g/mol. The lowest BCUT2D eigenvalue weighted by Gasteiger charge is -2.38. The first kappa shape index (κ1) is 20.6. The standard InChI is InChI=1S/C24H36N4O/c1-3-28-19-21(15-25-28)17-26(11-12-29-2)16-20-7-6-10-27(18-20)24-13-22-8-4-5-9-23(22)14-24/h4-5,8-9,15,19-20,24H,3,6-7,10-14,16-18H2,1-2H3. The summed E-state index contributed by atoms with van der Waals surface area (Å²) < 4.78 is 7.41. The van der Waals surface area contributed by atoms with Crippen LogP contribution in [0.3, 0.4) is 0 Å². The second-order valence-corrected chi connectivity index (χ2v) is 8.77. The van der Waals surface area contributed by atoms with Crippen LogP contribution in [0.4, 0.5) is 0 Å². The van der Waals surface area contributed by atoms with Gasteiger partial charge in [0.15, 0.2) is 0 Å². The first-order valence-electron chi connectivity index (χ1n) is 11.3. The van der Waals surface area contributed by atoms with E-state index in [1.54, 1.807) is 18.2 Å². The van der Waals surface area contributed by atoms with Crippen LogP contribution in [-0.2, 0) is 30.7 Å². The fraction of sp³-hybridized carbons (Fsp3) is 0.625. The molecule has 1 aliphatic carbocycles. The van der Waals surface area contributed by atoms with Gasteiger partial charge in [0.25, 0.3) is 0 Å². The molecule has 2 aromatic rings. The molecule has 1 aromatic heterocycles. The maximum Gasteiger partial charge on any atom is 0.0589 e. The minimum absolute atomic E-state index is 0.699. The van der Waals surface area contributed by atoms with Crippen LogP contribution in [0.1, 0.15) is 36.5 Å². The Kier molecular flexibility index (Phi) is 7.01. The second kappa shape index (κ2) is 9.88. The van der Waals surface area contributed by atoms with Gasteiger partial charge in [-0.05, 0) is 56.2 Å². The van der Waals surface area contributed by atoms with Crippen LogP contribution in [0.15, 0.2) is 36.7 Å². The predicted molar refractivity (Wildman–Crippen MR) is 117 cm³/mol. The number of nitrogens with zero attached hydrogens (tertiary/aromatic N) is 4. The summed E-state index contributed by atoms with van der Waals surface area (Å²) in [4.78, 5) is 5.34. The van der Waals surface area contributed by atoms with Crippen molar-refractivity contribution in [3.8, 4) is 0 Å². The molecule has 1 atom stereocenters. The number of rotatable bonds is 9. The zero-order valence-corrected chi connectivity index (χ0v) is 18.1. The molecule has 2 heterocycles. The van der Waals surface area contributed by atoms with Crippen molar-refractivity contribution < 1.29 is 4.74 Å². The van der Waals surface area contributed by atoms with Crippen molar-refractivity contribution in [3.05, 3.63) is 53.3 Å². The lowest BCUT2D eigenvalue weighted by Crippen LogP contribution is -2.46. The number of ether oxygens (including phenoxy) is 1. The van der Waals surface area contributed by atoms with E-state index in [2.05, 4.69) is 52.3 Å². The van der Waals surface area contributed by atoms with E-state index in [0.29, 0.717) is 6.04 Å². The van der Waals surface area contributed by atoms with Crippen LogP contribution in [0.25, 0.3) is 0 Å². The molecule has 5 heteroatoms. The molecule has 158 valence electrons. The molecule has 0 radical (unpaired) electrons. The number of aryl methyl sites for hydroxylation is 1. The van der Waals surface area contributed by atoms with Crippen LogP contribution in [-0.4, -0.2) is 65.5 Å². The van der Waals surface area contributed by atoms with Gasteiger partial charge in [-0.25, -0.2) is 0 Å². The van der Waals surface area contributed by atoms with E-state index in [9.17, 15) is 0 Å². The summed E-state index contributed by atoms with van der Waals surface area (Å²) in [6.07, 6.45) is 9.32. The first-order valence-corrected chi connectivity index (χ1v) is 11.3. The van der Waals surface area contributed by atoms with E-state index >= 15 is 0 Å². The zero-order valence-electron chi connectivity index (χ0n) is 18.1. The van der Waals surface area contributed by atoms with Gasteiger partial charge >= 0.3 is 0 Å². The van der Waals surface area contributed by atoms with Crippen LogP contribution in [0.5, 0.6) is 0 Å². The van der Waals surface area contributed by atoms with Crippen molar-refractivity contribution in [1.29, 1.82) is 0 Å². The number of fused-ring (bicyclic) bond motifs is 1. The molecule has 0 spiro atoms. The average molecular weight is 397 g/mol. The van der Waals surface area contributed by atoms with E-state index in [4.69, 9.17) is 4.74 Å². The quantitative estimate of drug-likeness (QED) is 0.652. The molecule has 0 N–H and O–H groups in total. The molecule has 1 aromatic carbocycles. The lowest BCUT2D eigenvalue weighted by molar-refractivity contribution is 0.0843. The Hall–Kier alpha value is -1.69. The third-order valence-electron chi connectivity index (χ3n) is 6.64. The van der Waals surface area contributed by atoms with Gasteiger partial charge in [-0.2, -0.15) is 5.10 Å². The maximum absolute atomic E-state index is 5.39. The summed E-state index contributed by atoms with van der Waals surface area (Å²) in [5.74, 6) is 0.741. The molecule has 0 amide bonds. The smallest absolute Gasteiger partial charge is 0.0589 e. The molecule has 5 nitrogen and oxygen atoms in total. The highest BCUT2D eigenvalue weighted by Crippen LogP contribution is 2.29. The van der Waals surface area contributed by atoms with Gasteiger partial charge in [-0.3, -0.25) is 14.5 Å². The predicted octanol–water partition coefficient (Wildman–Crippen LogP) is 3.23. The highest BCUT2D eigenvalue weighted by Gasteiger charge is 2.31. The fourth-order valence-electron chi connectivity index (χ4n) is 5.11. The molecule has 1 unspecified atom stereocenters. The van der Waals surface area contributed by atoms with Crippen molar-refractivity contribution in [1.82, 2.24) is 19.6 Å². The van der Waals surface area contributed by atoms with E-state index in [1.165, 1.54) is 44.3 Å². The minimum Gasteiger partial charge on any atom is -0.383 e. The van der Waals surface area contributed by atoms with E-state index in [0.717, 1.165) is 38.7 Å². The Morgan fingerprint density at radius 3 is 2.69 bits per heavy atom. The molecule has 1 aliphatic heterocycles. The summed E-state index contributed by atoms with van der Waals surface area (Å²) in [5.41, 5.74) is 4.44. The van der Waals surface area contributed by atoms with Crippen molar-refractivity contribution in [2.24, 2.45) is 5.92 Å². The van der Waals surface area contributed by atoms with Gasteiger partial charge in [0.1, 0.15) is 0 Å². The number of hydrogen-bond acceptors (Lipinski definition) is 4. The van der Waals surface area contributed by atoms with E-state index in [-0.39, 0.29) is 0 Å². The van der Waals surface area contributed by atoms with Crippen molar-refractivity contribution >= 4 is 0 Å². The minimum atomic E-state index is 0.699. The highest BCUT2D eigenvalue weighted by molar-refractivity contribution is 5.33. The third kappa shape index (κ3) is 5.27. The Labute approximate surface area is 175 Å². The van der Waals surface area contributed by atoms with Crippen LogP contribution < -0.4 is 0 Å². The summed E-state index contributed by atoms with van der Waals surface area (Å²) in [5, 5.41) is 4.45. The molecular weight excluding hydrogens is 360 g/mol. The number of benzene rings is 1. The molecule has 0 bridgehead atoms. The largest absolute Gasteiger partial charge is 0.383 e. The summed E-state index contributed by atoms with van der Waals surface area (Å²) >= 11 is 0. The van der Waals surface area contributed by atoms with Crippen LogP contribution in [0.2, 0.25) is 0 Å². The van der Waals surface area contributed by atoms with Gasteiger partial charge < -0.3 is 4.74 Å². The number of hydrogen-bond donors (Lipinski definition) is 0. The van der Waals surface area contributed by atoms with Crippen LogP contribution in [0, 0.1) is 5.92 Å². The van der Waals surface area contributed by atoms with Crippen LogP contribution >= 0.6 is 0 Å². The summed E-state index contributed by atoms with van der Waals surface area (Å²) in [6.45, 7) is 9.45. The molecule has 29 heavy (non-hydrogen) atoms. The van der Waals surface area contributed by atoms with Crippen molar-refractivity contribution in [3.63, 3.8) is 0 Å². The average Bonchev–Trinajstić information content (AvgIpc) is 3.39. The number of methoxy groups -OCH3 is 1. The maximum atomic E-state index is 5.39. The van der Waals surface area contributed by atoms with Gasteiger partial charge in [-0.1, -0.05) is 24.3 Å². The van der Waals surface area contributed by atoms with Crippen molar-refractivity contribution in [2.75, 3.05) is 39.9 Å².